The molecule has 0 spiro atoms. The van der Waals surface area contributed by atoms with Gasteiger partial charge in [-0.15, -0.1) is 0 Å². The smallest absolute Gasteiger partial charge is 0.506 e. The first-order valence-electron chi connectivity index (χ1n) is 8.30. The normalized spacial score (nSPS) is 14.8. The van der Waals surface area contributed by atoms with Crippen molar-refractivity contribution >= 4 is 30.2 Å². The van der Waals surface area contributed by atoms with E-state index in [-0.39, 0.29) is 0 Å². The Bertz CT molecular complexity index is 782. The van der Waals surface area contributed by atoms with Crippen molar-refractivity contribution in [3.8, 4) is 12.5 Å². The van der Waals surface area contributed by atoms with E-state index in [0.29, 0.717) is 0 Å². The monoisotopic (exact) mass is 328 g/mol. The van der Waals surface area contributed by atoms with Crippen molar-refractivity contribution in [1.82, 2.24) is 0 Å². The average molecular weight is 328 g/mol. The maximum Gasteiger partial charge on any atom is 0.506 e. The molecule has 0 saturated heterocycles. The van der Waals surface area contributed by atoms with Gasteiger partial charge in [-0.25, -0.2) is 0 Å². The van der Waals surface area contributed by atoms with Gasteiger partial charge < -0.3 is 9.56 Å². The van der Waals surface area contributed by atoms with Gasteiger partial charge in [-0.1, -0.05) is 71.6 Å². The number of allylic oxidation sites excluding steroid dienone is 2. The van der Waals surface area contributed by atoms with Gasteiger partial charge >= 0.3 is 37.7 Å². The summed E-state index contributed by atoms with van der Waals surface area (Å²) in [6.45, 7) is 4.42. The third-order valence-electron chi connectivity index (χ3n) is 3.95. The molecule has 3 nitrogen and oxygen atoms in total. The van der Waals surface area contributed by atoms with Crippen LogP contribution < -0.4 is 15.8 Å². The van der Waals surface area contributed by atoms with Crippen LogP contribution in [0.1, 0.15) is 13.8 Å². The van der Waals surface area contributed by atoms with Crippen molar-refractivity contribution in [3.63, 3.8) is 0 Å². The van der Waals surface area contributed by atoms with Crippen LogP contribution in [0, 0.1) is 12.5 Å². The van der Waals surface area contributed by atoms with Gasteiger partial charge in [0.2, 0.25) is 0 Å². The van der Waals surface area contributed by atoms with Crippen LogP contribution in [-0.2, 0) is 4.65 Å². The molecular formula is C20H22B2N2O. The fraction of sp³-hybridized carbons (Fsp3) is 0.150. The van der Waals surface area contributed by atoms with E-state index in [1.165, 1.54) is 0 Å². The molecule has 1 N–H and O–H groups in total. The van der Waals surface area contributed by atoms with Crippen molar-refractivity contribution in [3.05, 3.63) is 72.5 Å². The summed E-state index contributed by atoms with van der Waals surface area (Å²) in [5, 5.41) is 0. The Kier molecular flexibility index (Phi) is 6.54. The maximum atomic E-state index is 6.31. The number of hydrogen-bond acceptors (Lipinski definition) is 2. The van der Waals surface area contributed by atoms with Gasteiger partial charge in [0, 0.05) is 13.0 Å². The fourth-order valence-corrected chi connectivity index (χ4v) is 3.03. The summed E-state index contributed by atoms with van der Waals surface area (Å²) in [7, 11) is 1.57. The first-order valence-corrected chi connectivity index (χ1v) is 8.30. The summed E-state index contributed by atoms with van der Waals surface area (Å²) >= 11 is 0. The second kappa shape index (κ2) is 8.84. The molecule has 124 valence electrons. The van der Waals surface area contributed by atoms with Crippen LogP contribution in [0.4, 0.5) is 0 Å². The number of benzene rings is 2. The Morgan fingerprint density at radius 2 is 1.52 bits per heavy atom. The number of hydrogen-bond donors (Lipinski definition) is 1. The largest absolute Gasteiger partial charge is 0.655 e. The van der Waals surface area contributed by atoms with Crippen LogP contribution in [0.5, 0.6) is 0 Å². The zero-order valence-corrected chi connectivity index (χ0v) is 14.9. The Labute approximate surface area is 150 Å². The van der Waals surface area contributed by atoms with Crippen molar-refractivity contribution in [1.29, 1.82) is 0 Å². The first-order chi connectivity index (χ1) is 12.1. The van der Waals surface area contributed by atoms with E-state index < -0.39 is 6.48 Å². The van der Waals surface area contributed by atoms with Gasteiger partial charge in [-0.2, -0.15) is 0 Å². The molecule has 0 aliphatic carbocycles. The Morgan fingerprint density at radius 1 is 1.00 bits per heavy atom. The molecule has 2 aromatic rings. The van der Waals surface area contributed by atoms with Crippen molar-refractivity contribution in [2.45, 2.75) is 20.7 Å². The minimum atomic E-state index is -1.44. The average Bonchev–Trinajstić information content (AvgIpc) is 2.63. The second-order valence-corrected chi connectivity index (χ2v) is 5.82. The van der Waals surface area contributed by atoms with E-state index in [1.54, 1.807) is 13.9 Å². The van der Waals surface area contributed by atoms with E-state index >= 15 is 0 Å². The molecule has 0 atom stereocenters. The molecule has 0 fully saturated rings. The van der Waals surface area contributed by atoms with E-state index in [1.807, 2.05) is 25.1 Å². The molecule has 1 heterocycles. The Hall–Kier alpha value is -2.86. The maximum absolute atomic E-state index is 6.31. The molecule has 5 heteroatoms. The predicted octanol–water partition coefficient (Wildman–Crippen LogP) is 1.23. The second-order valence-electron chi connectivity index (χ2n) is 5.82. The van der Waals surface area contributed by atoms with Gasteiger partial charge in [0.1, 0.15) is 5.71 Å². The summed E-state index contributed by atoms with van der Waals surface area (Å²) in [6.07, 6.45) is 6.72. The van der Waals surface area contributed by atoms with E-state index in [9.17, 15) is 0 Å². The van der Waals surface area contributed by atoms with Crippen LogP contribution in [0.25, 0.3) is 0 Å². The molecule has 1 aliphatic rings. The molecule has 0 bridgehead atoms. The molecule has 0 aromatic heterocycles. The van der Waals surface area contributed by atoms with Crippen molar-refractivity contribution < 1.29 is 9.56 Å². The molecule has 0 saturated carbocycles. The molecule has 3 rings (SSSR count). The van der Waals surface area contributed by atoms with E-state index in [2.05, 4.69) is 71.3 Å². The number of nitrogens with zero attached hydrogens (tertiary/aromatic N) is 1. The topological polar surface area (TPSA) is 35.6 Å². The van der Waals surface area contributed by atoms with Crippen LogP contribution >= 0.6 is 0 Å². The van der Waals surface area contributed by atoms with Gasteiger partial charge in [0.15, 0.2) is 0 Å². The van der Waals surface area contributed by atoms with Crippen LogP contribution in [0.2, 0.25) is 6.82 Å². The minimum Gasteiger partial charge on any atom is -0.655 e. The molecule has 0 unspecified atom stereocenters. The van der Waals surface area contributed by atoms with Gasteiger partial charge in [0.05, 0.1) is 5.76 Å². The fourth-order valence-electron chi connectivity index (χ4n) is 3.03. The van der Waals surface area contributed by atoms with Crippen molar-refractivity contribution in [2.75, 3.05) is 0 Å². The zero-order chi connectivity index (χ0) is 18.1. The number of rotatable bonds is 2. The zero-order valence-electron chi connectivity index (χ0n) is 14.9. The summed E-state index contributed by atoms with van der Waals surface area (Å²) < 4.78 is 6.31. The number of terminal acetylenes is 1. The molecule has 1 aliphatic heterocycles. The standard InChI is InChI=1S/C17H18BNO.C3H4BN/c1-14-13-15(2)20-18(19-14,16-9-5-3-6-10-16)17-11-7-4-8-12-17;1-3-5-4-2/h3-13,19H,1-2H3;1H,2H3. The summed E-state index contributed by atoms with van der Waals surface area (Å²) in [4.78, 5) is 6.95. The SMILES string of the molecule is C#CN=BC.CC1=CC(C)=[NH+][B-](c2ccccc2)(c2ccccc2)O1. The predicted molar refractivity (Wildman–Crippen MR) is 107 cm³/mol. The molecule has 2 aromatic carbocycles. The van der Waals surface area contributed by atoms with E-state index in [4.69, 9.17) is 11.1 Å². The van der Waals surface area contributed by atoms with Crippen LogP contribution in [0.15, 0.2) is 77.4 Å². The molecule has 0 radical (unpaired) electrons. The van der Waals surface area contributed by atoms with Crippen molar-refractivity contribution in [2.24, 2.45) is 4.90 Å². The third-order valence-corrected chi connectivity index (χ3v) is 3.95. The summed E-state index contributed by atoms with van der Waals surface area (Å²) in [5.41, 5.74) is 3.44. The van der Waals surface area contributed by atoms with Gasteiger partial charge in [-0.05, 0) is 6.92 Å². The van der Waals surface area contributed by atoms with Crippen LogP contribution in [0.3, 0.4) is 0 Å². The Morgan fingerprint density at radius 3 is 1.88 bits per heavy atom. The quantitative estimate of drug-likeness (QED) is 0.653. The number of nitrogens with one attached hydrogen (secondary N) is 1. The molecular weight excluding hydrogens is 306 g/mol. The van der Waals surface area contributed by atoms with Crippen LogP contribution in [-0.4, -0.2) is 19.3 Å². The summed E-state index contributed by atoms with van der Waals surface area (Å²) in [6, 6.07) is 22.8. The minimum absolute atomic E-state index is 0.939. The third kappa shape index (κ3) is 4.58. The van der Waals surface area contributed by atoms with Gasteiger partial charge in [-0.3, -0.25) is 0 Å². The first kappa shape index (κ1) is 18.5. The van der Waals surface area contributed by atoms with E-state index in [0.717, 1.165) is 22.4 Å². The molecule has 0 amide bonds. The Balaban J connectivity index is 0.000000399. The summed E-state index contributed by atoms with van der Waals surface area (Å²) in [5.74, 6) is 0.939. The van der Waals surface area contributed by atoms with Gasteiger partial charge in [0.25, 0.3) is 0 Å². The molecule has 25 heavy (non-hydrogen) atoms.